The van der Waals surface area contributed by atoms with Gasteiger partial charge < -0.3 is 15.0 Å². The highest BCUT2D eigenvalue weighted by molar-refractivity contribution is 5.73. The van der Waals surface area contributed by atoms with Gasteiger partial charge in [0.2, 0.25) is 0 Å². The average Bonchev–Trinajstić information content (AvgIpc) is 3.33. The van der Waals surface area contributed by atoms with E-state index in [9.17, 15) is 4.79 Å². The number of carbonyl (C=O) groups is 1. The number of hydrogen-bond acceptors (Lipinski definition) is 4. The summed E-state index contributed by atoms with van der Waals surface area (Å²) in [4.78, 5) is 16.6. The molecule has 0 aliphatic rings. The van der Waals surface area contributed by atoms with Crippen molar-refractivity contribution in [2.45, 2.75) is 13.0 Å². The molecule has 0 radical (unpaired) electrons. The molecule has 0 aliphatic heterocycles. The Hall–Kier alpha value is -3.68. The average molecular weight is 361 g/mol. The first-order chi connectivity index (χ1) is 13.3. The van der Waals surface area contributed by atoms with Gasteiger partial charge in [-0.05, 0) is 24.3 Å². The Labute approximate surface area is 155 Å². The van der Waals surface area contributed by atoms with E-state index in [-0.39, 0.29) is 12.6 Å². The van der Waals surface area contributed by atoms with Crippen LogP contribution in [0.1, 0.15) is 11.5 Å². The van der Waals surface area contributed by atoms with E-state index in [2.05, 4.69) is 25.8 Å². The maximum Gasteiger partial charge on any atom is 0.315 e. The predicted octanol–water partition coefficient (Wildman–Crippen LogP) is 1.96. The highest BCUT2D eigenvalue weighted by atomic mass is 16.2. The number of carbonyl (C=O) groups excluding carboxylic acids is 1. The first kappa shape index (κ1) is 16.8. The van der Waals surface area contributed by atoms with Crippen molar-refractivity contribution >= 4 is 11.7 Å². The smallest absolute Gasteiger partial charge is 0.315 e. The molecule has 27 heavy (non-hydrogen) atoms. The van der Waals surface area contributed by atoms with Crippen LogP contribution in [0.2, 0.25) is 0 Å². The van der Waals surface area contributed by atoms with E-state index in [4.69, 9.17) is 0 Å². The molecule has 8 nitrogen and oxygen atoms in total. The minimum absolute atomic E-state index is 0.249. The summed E-state index contributed by atoms with van der Waals surface area (Å²) < 4.78 is 3.81. The van der Waals surface area contributed by atoms with Crippen LogP contribution in [0.5, 0.6) is 0 Å². The molecule has 3 aromatic heterocycles. The number of urea groups is 1. The van der Waals surface area contributed by atoms with Crippen LogP contribution in [0.15, 0.2) is 67.3 Å². The van der Waals surface area contributed by atoms with Gasteiger partial charge in [-0.15, -0.1) is 10.2 Å². The summed E-state index contributed by atoms with van der Waals surface area (Å²) in [6.07, 6.45) is 6.22. The molecule has 1 aromatic carbocycles. The van der Waals surface area contributed by atoms with Gasteiger partial charge in [-0.3, -0.25) is 4.57 Å². The van der Waals surface area contributed by atoms with Crippen LogP contribution in [-0.4, -0.2) is 36.7 Å². The second-order valence-corrected chi connectivity index (χ2v) is 6.01. The Bertz CT molecular complexity index is 1010. The summed E-state index contributed by atoms with van der Waals surface area (Å²) in [5.74, 6) is 0.664. The van der Waals surface area contributed by atoms with Crippen LogP contribution >= 0.6 is 0 Å². The quantitative estimate of drug-likeness (QED) is 0.549. The number of fused-ring (bicyclic) bond motifs is 1. The fourth-order valence-electron chi connectivity index (χ4n) is 2.82. The third-order valence-corrected chi connectivity index (χ3v) is 4.14. The first-order valence-electron chi connectivity index (χ1n) is 8.68. The largest absolute Gasteiger partial charge is 0.338 e. The standard InChI is InChI=1S/C19H19N7O/c27-19(20-10-9-15-13-25-11-5-4-8-17(25)23-15)21-12-18-24-22-14-26(18)16-6-2-1-3-7-16/h1-8,11,13-14H,9-10,12H2,(H2,20,21,27). The van der Waals surface area contributed by atoms with Gasteiger partial charge in [-0.25, -0.2) is 9.78 Å². The first-order valence-corrected chi connectivity index (χ1v) is 8.68. The molecular weight excluding hydrogens is 342 g/mol. The molecule has 2 amide bonds. The summed E-state index contributed by atoms with van der Waals surface area (Å²) in [5.41, 5.74) is 2.79. The van der Waals surface area contributed by atoms with E-state index in [1.54, 1.807) is 6.33 Å². The summed E-state index contributed by atoms with van der Waals surface area (Å²) in [5, 5.41) is 13.7. The highest BCUT2D eigenvalue weighted by Gasteiger charge is 2.08. The van der Waals surface area contributed by atoms with E-state index in [0.717, 1.165) is 17.0 Å². The molecule has 2 N–H and O–H groups in total. The number of rotatable bonds is 6. The number of nitrogens with one attached hydrogen (secondary N) is 2. The maximum atomic E-state index is 12.0. The lowest BCUT2D eigenvalue weighted by Gasteiger charge is -2.08. The lowest BCUT2D eigenvalue weighted by molar-refractivity contribution is 0.240. The van der Waals surface area contributed by atoms with E-state index in [1.807, 2.05) is 69.9 Å². The Morgan fingerprint density at radius 2 is 1.89 bits per heavy atom. The van der Waals surface area contributed by atoms with Gasteiger partial charge in [-0.2, -0.15) is 0 Å². The van der Waals surface area contributed by atoms with Crippen LogP contribution < -0.4 is 10.6 Å². The summed E-state index contributed by atoms with van der Waals surface area (Å²) in [6, 6.07) is 15.4. The van der Waals surface area contributed by atoms with Crippen molar-refractivity contribution in [2.75, 3.05) is 6.54 Å². The molecule has 0 saturated heterocycles. The molecule has 3 heterocycles. The van der Waals surface area contributed by atoms with Gasteiger partial charge in [0.25, 0.3) is 0 Å². The molecular formula is C19H19N7O. The predicted molar refractivity (Wildman–Crippen MR) is 100 cm³/mol. The van der Waals surface area contributed by atoms with Crippen LogP contribution in [0.4, 0.5) is 4.79 Å². The molecule has 8 heteroatoms. The number of imidazole rings is 1. The molecule has 0 spiro atoms. The number of amides is 2. The molecule has 4 rings (SSSR count). The maximum absolute atomic E-state index is 12.0. The summed E-state index contributed by atoms with van der Waals surface area (Å²) in [6.45, 7) is 0.788. The number of aromatic nitrogens is 5. The van der Waals surface area contributed by atoms with Gasteiger partial charge in [0, 0.05) is 31.0 Å². The van der Waals surface area contributed by atoms with E-state index < -0.39 is 0 Å². The molecule has 0 bridgehead atoms. The fraction of sp³-hybridized carbons (Fsp3) is 0.158. The van der Waals surface area contributed by atoms with Gasteiger partial charge in [0.1, 0.15) is 12.0 Å². The topological polar surface area (TPSA) is 89.1 Å². The second kappa shape index (κ2) is 7.69. The van der Waals surface area contributed by atoms with Crippen LogP contribution in [0, 0.1) is 0 Å². The molecule has 0 saturated carbocycles. The van der Waals surface area contributed by atoms with Crippen LogP contribution in [0.25, 0.3) is 11.3 Å². The highest BCUT2D eigenvalue weighted by Crippen LogP contribution is 2.08. The second-order valence-electron chi connectivity index (χ2n) is 6.01. The Morgan fingerprint density at radius 1 is 1.04 bits per heavy atom. The number of benzene rings is 1. The van der Waals surface area contributed by atoms with Gasteiger partial charge in [-0.1, -0.05) is 24.3 Å². The van der Waals surface area contributed by atoms with Gasteiger partial charge in [0.15, 0.2) is 5.82 Å². The SMILES string of the molecule is O=C(NCCc1cn2ccccc2n1)NCc1nncn1-c1ccccc1. The molecule has 0 aliphatic carbocycles. The van der Waals surface area contributed by atoms with Crippen molar-refractivity contribution in [1.29, 1.82) is 0 Å². The third kappa shape index (κ3) is 3.95. The van der Waals surface area contributed by atoms with E-state index >= 15 is 0 Å². The van der Waals surface area contributed by atoms with E-state index in [1.165, 1.54) is 0 Å². The minimum Gasteiger partial charge on any atom is -0.338 e. The molecule has 4 aromatic rings. The minimum atomic E-state index is -0.249. The van der Waals surface area contributed by atoms with Crippen molar-refractivity contribution in [3.8, 4) is 5.69 Å². The Balaban J connectivity index is 1.27. The zero-order valence-corrected chi connectivity index (χ0v) is 14.6. The van der Waals surface area contributed by atoms with Crippen molar-refractivity contribution in [1.82, 2.24) is 34.8 Å². The number of pyridine rings is 1. The number of para-hydroxylation sites is 1. The fourth-order valence-corrected chi connectivity index (χ4v) is 2.82. The Morgan fingerprint density at radius 3 is 2.74 bits per heavy atom. The number of hydrogen-bond donors (Lipinski definition) is 2. The van der Waals surface area contributed by atoms with E-state index in [0.29, 0.717) is 18.8 Å². The lowest BCUT2D eigenvalue weighted by atomic mass is 10.3. The molecule has 136 valence electrons. The molecule has 0 atom stereocenters. The van der Waals surface area contributed by atoms with Crippen molar-refractivity contribution < 1.29 is 4.79 Å². The van der Waals surface area contributed by atoms with Crippen molar-refractivity contribution in [3.05, 3.63) is 78.8 Å². The van der Waals surface area contributed by atoms with Crippen LogP contribution in [0.3, 0.4) is 0 Å². The van der Waals surface area contributed by atoms with Crippen molar-refractivity contribution in [2.24, 2.45) is 0 Å². The summed E-state index contributed by atoms with van der Waals surface area (Å²) >= 11 is 0. The normalized spacial score (nSPS) is 10.8. The molecule has 0 unspecified atom stereocenters. The third-order valence-electron chi connectivity index (χ3n) is 4.14. The monoisotopic (exact) mass is 361 g/mol. The molecule has 0 fully saturated rings. The number of nitrogens with zero attached hydrogens (tertiary/aromatic N) is 5. The lowest BCUT2D eigenvalue weighted by Crippen LogP contribution is -2.36. The Kier molecular flexibility index (Phi) is 4.78. The zero-order valence-electron chi connectivity index (χ0n) is 14.6. The van der Waals surface area contributed by atoms with Crippen LogP contribution in [-0.2, 0) is 13.0 Å². The zero-order chi connectivity index (χ0) is 18.5. The van der Waals surface area contributed by atoms with Crippen molar-refractivity contribution in [3.63, 3.8) is 0 Å². The van der Waals surface area contributed by atoms with Gasteiger partial charge in [0.05, 0.1) is 12.2 Å². The summed E-state index contributed by atoms with van der Waals surface area (Å²) in [7, 11) is 0. The van der Waals surface area contributed by atoms with Gasteiger partial charge >= 0.3 is 6.03 Å².